The van der Waals surface area contributed by atoms with Gasteiger partial charge in [-0.15, -0.1) is 11.8 Å². The minimum atomic E-state index is -0.434. The number of para-hydroxylation sites is 1. The topological polar surface area (TPSA) is 54.9 Å². The predicted molar refractivity (Wildman–Crippen MR) is 101 cm³/mol. The van der Waals surface area contributed by atoms with E-state index in [1.165, 1.54) is 17.8 Å². The van der Waals surface area contributed by atoms with Crippen LogP contribution in [0.2, 0.25) is 0 Å². The quantitative estimate of drug-likeness (QED) is 0.607. The van der Waals surface area contributed by atoms with Gasteiger partial charge in [0.2, 0.25) is 5.91 Å². The maximum Gasteiger partial charge on any atom is 0.234 e. The van der Waals surface area contributed by atoms with Gasteiger partial charge in [0.05, 0.1) is 11.4 Å². The third-order valence-electron chi connectivity index (χ3n) is 4.15. The highest BCUT2D eigenvalue weighted by atomic mass is 32.2. The van der Waals surface area contributed by atoms with Crippen LogP contribution in [0.1, 0.15) is 37.6 Å². The molecule has 0 radical (unpaired) electrons. The number of benzene rings is 1. The van der Waals surface area contributed by atoms with Gasteiger partial charge in [-0.3, -0.25) is 4.79 Å². The van der Waals surface area contributed by atoms with Gasteiger partial charge in [-0.05, 0) is 25.5 Å². The van der Waals surface area contributed by atoms with Gasteiger partial charge in [0.1, 0.15) is 21.7 Å². The second-order valence-electron chi connectivity index (χ2n) is 5.95. The Bertz CT molecular complexity index is 800. The Morgan fingerprint density at radius 2 is 2.12 bits per heavy atom. The summed E-state index contributed by atoms with van der Waals surface area (Å²) in [6, 6.07) is 6.16. The Morgan fingerprint density at radius 1 is 1.36 bits per heavy atom. The van der Waals surface area contributed by atoms with E-state index >= 15 is 0 Å². The fourth-order valence-electron chi connectivity index (χ4n) is 2.96. The summed E-state index contributed by atoms with van der Waals surface area (Å²) in [7, 11) is 0. The number of carbonyl (C=O) groups excluding carboxylic acids is 1. The number of aryl methyl sites for hydroxylation is 1. The number of nitrogens with one attached hydrogen (secondary N) is 1. The van der Waals surface area contributed by atoms with Gasteiger partial charge in [0, 0.05) is 16.7 Å². The van der Waals surface area contributed by atoms with E-state index in [0.29, 0.717) is 17.0 Å². The lowest BCUT2D eigenvalue weighted by molar-refractivity contribution is -0.113. The molecule has 132 valence electrons. The third-order valence-corrected chi connectivity index (χ3v) is 6.38. The molecule has 0 fully saturated rings. The Labute approximate surface area is 155 Å². The lowest BCUT2D eigenvalue weighted by Gasteiger charge is -2.15. The van der Waals surface area contributed by atoms with Crippen molar-refractivity contribution in [3.63, 3.8) is 0 Å². The molecule has 4 nitrogen and oxygen atoms in total. The average molecular weight is 378 g/mol. The third kappa shape index (κ3) is 3.98. The van der Waals surface area contributed by atoms with Crippen LogP contribution in [0.5, 0.6) is 0 Å². The Balaban J connectivity index is 1.74. The second-order valence-corrected chi connectivity index (χ2v) is 8.28. The predicted octanol–water partition coefficient (Wildman–Crippen LogP) is 4.64. The molecule has 0 spiro atoms. The van der Waals surface area contributed by atoms with Gasteiger partial charge >= 0.3 is 0 Å². The van der Waals surface area contributed by atoms with Crippen LogP contribution >= 0.6 is 23.5 Å². The Hall–Kier alpha value is -1.60. The molecule has 0 aliphatic carbocycles. The van der Waals surface area contributed by atoms with Crippen molar-refractivity contribution >= 4 is 35.1 Å². The van der Waals surface area contributed by atoms with Crippen molar-refractivity contribution in [2.45, 2.75) is 48.4 Å². The Kier molecular flexibility index (Phi) is 5.64. The van der Waals surface area contributed by atoms with E-state index in [-0.39, 0.29) is 17.3 Å². The zero-order valence-electron chi connectivity index (χ0n) is 14.4. The summed E-state index contributed by atoms with van der Waals surface area (Å²) < 4.78 is 13.6. The first-order valence-corrected chi connectivity index (χ1v) is 10.1. The van der Waals surface area contributed by atoms with Crippen LogP contribution in [0, 0.1) is 12.7 Å². The maximum atomic E-state index is 13.6. The van der Waals surface area contributed by atoms with Gasteiger partial charge < -0.3 is 5.32 Å². The molecule has 7 heteroatoms. The van der Waals surface area contributed by atoms with E-state index in [2.05, 4.69) is 29.1 Å². The van der Waals surface area contributed by atoms with Crippen LogP contribution in [-0.2, 0) is 4.79 Å². The number of anilines is 1. The lowest BCUT2D eigenvalue weighted by Crippen LogP contribution is -2.15. The van der Waals surface area contributed by atoms with E-state index in [1.807, 2.05) is 6.92 Å². The average Bonchev–Trinajstić information content (AvgIpc) is 2.89. The number of carbonyl (C=O) groups is 1. The smallest absolute Gasteiger partial charge is 0.234 e. The summed E-state index contributed by atoms with van der Waals surface area (Å²) in [6.07, 6.45) is 1.02. The van der Waals surface area contributed by atoms with Crippen molar-refractivity contribution in [3.8, 4) is 0 Å². The van der Waals surface area contributed by atoms with Crippen LogP contribution < -0.4 is 5.32 Å². The normalized spacial score (nSPS) is 18.9. The number of nitrogens with zero attached hydrogens (tertiary/aromatic N) is 2. The van der Waals surface area contributed by atoms with E-state index in [1.54, 1.807) is 30.0 Å². The fraction of sp³-hybridized carbons (Fsp3) is 0.389. The largest absolute Gasteiger partial charge is 0.323 e. The summed E-state index contributed by atoms with van der Waals surface area (Å²) >= 11 is 3.17. The highest BCUT2D eigenvalue weighted by Crippen LogP contribution is 2.48. The molecule has 1 aliphatic heterocycles. The van der Waals surface area contributed by atoms with Crippen molar-refractivity contribution in [2.24, 2.45) is 0 Å². The van der Waals surface area contributed by atoms with Crippen molar-refractivity contribution in [2.75, 3.05) is 11.1 Å². The first kappa shape index (κ1) is 18.2. The van der Waals surface area contributed by atoms with Crippen LogP contribution in [0.15, 0.2) is 34.3 Å². The Morgan fingerprint density at radius 3 is 2.84 bits per heavy atom. The van der Waals surface area contributed by atoms with Gasteiger partial charge in [0.25, 0.3) is 0 Å². The summed E-state index contributed by atoms with van der Waals surface area (Å²) in [5.74, 6) is 0.625. The number of rotatable bonds is 5. The molecule has 0 unspecified atom stereocenters. The highest BCUT2D eigenvalue weighted by Gasteiger charge is 2.33. The highest BCUT2D eigenvalue weighted by molar-refractivity contribution is 8.01. The number of aromatic nitrogens is 2. The van der Waals surface area contributed by atoms with Crippen LogP contribution in [0.25, 0.3) is 0 Å². The standard InChI is InChI=1S/C18H20FN3OS2/c1-4-12-10(2)25-18-16(12)17(20-11(3)21-18)24-9-15(23)22-14-8-6-5-7-13(14)19/h5-8,10,12H,4,9H2,1-3H3,(H,22,23)/t10-,12-/m1/s1. The van der Waals surface area contributed by atoms with Gasteiger partial charge in [-0.25, -0.2) is 14.4 Å². The summed E-state index contributed by atoms with van der Waals surface area (Å²) in [4.78, 5) is 21.3. The van der Waals surface area contributed by atoms with E-state index in [4.69, 9.17) is 0 Å². The maximum absolute atomic E-state index is 13.6. The molecule has 1 N–H and O–H groups in total. The number of fused-ring (bicyclic) bond motifs is 1. The molecule has 1 aromatic heterocycles. The van der Waals surface area contributed by atoms with Crippen LogP contribution in [0.4, 0.5) is 10.1 Å². The van der Waals surface area contributed by atoms with Crippen molar-refractivity contribution in [1.82, 2.24) is 9.97 Å². The summed E-state index contributed by atoms with van der Waals surface area (Å²) in [5.41, 5.74) is 1.36. The number of hydrogen-bond donors (Lipinski definition) is 1. The molecule has 2 heterocycles. The van der Waals surface area contributed by atoms with Crippen LogP contribution in [0.3, 0.4) is 0 Å². The fourth-order valence-corrected chi connectivity index (χ4v) is 5.37. The minimum absolute atomic E-state index is 0.187. The molecule has 2 aromatic rings. The second kappa shape index (κ2) is 7.74. The van der Waals surface area contributed by atoms with Crippen molar-refractivity contribution < 1.29 is 9.18 Å². The van der Waals surface area contributed by atoms with E-state index in [0.717, 1.165) is 22.0 Å². The minimum Gasteiger partial charge on any atom is -0.323 e. The number of halogens is 1. The number of hydrogen-bond acceptors (Lipinski definition) is 5. The molecular weight excluding hydrogens is 357 g/mol. The van der Waals surface area contributed by atoms with E-state index in [9.17, 15) is 9.18 Å². The molecule has 0 saturated heterocycles. The van der Waals surface area contributed by atoms with Crippen LogP contribution in [-0.4, -0.2) is 26.9 Å². The SMILES string of the molecule is CC[C@H]1c2c(SCC(=O)Nc3ccccc3F)nc(C)nc2S[C@@H]1C. The summed E-state index contributed by atoms with van der Waals surface area (Å²) in [6.45, 7) is 6.24. The van der Waals surface area contributed by atoms with Crippen molar-refractivity contribution in [3.05, 3.63) is 41.5 Å². The molecule has 1 amide bonds. The monoisotopic (exact) mass is 377 g/mol. The first-order chi connectivity index (χ1) is 12.0. The molecule has 3 rings (SSSR count). The lowest BCUT2D eigenvalue weighted by atomic mass is 9.96. The van der Waals surface area contributed by atoms with Gasteiger partial charge in [-0.1, -0.05) is 37.7 Å². The molecule has 25 heavy (non-hydrogen) atoms. The zero-order chi connectivity index (χ0) is 18.0. The van der Waals surface area contributed by atoms with Gasteiger partial charge in [-0.2, -0.15) is 0 Å². The first-order valence-electron chi connectivity index (χ1n) is 8.22. The number of amides is 1. The molecule has 0 bridgehead atoms. The van der Waals surface area contributed by atoms with Crippen molar-refractivity contribution in [1.29, 1.82) is 0 Å². The molecule has 2 atom stereocenters. The molecule has 1 aromatic carbocycles. The zero-order valence-corrected chi connectivity index (χ0v) is 16.0. The van der Waals surface area contributed by atoms with E-state index < -0.39 is 5.82 Å². The summed E-state index contributed by atoms with van der Waals surface area (Å²) in [5, 5.41) is 4.98. The van der Waals surface area contributed by atoms with Gasteiger partial charge in [0.15, 0.2) is 0 Å². The molecule has 1 aliphatic rings. The molecular formula is C18H20FN3OS2. The number of thioether (sulfide) groups is 2. The molecule has 0 saturated carbocycles.